The van der Waals surface area contributed by atoms with Gasteiger partial charge in [-0.15, -0.1) is 0 Å². The molecule has 92 valence electrons. The Kier molecular flexibility index (Phi) is 3.24. The lowest BCUT2D eigenvalue weighted by Gasteiger charge is -2.27. The number of nitrogens with one attached hydrogen (secondary N) is 1. The van der Waals surface area contributed by atoms with Crippen molar-refractivity contribution in [3.05, 3.63) is 0 Å². The van der Waals surface area contributed by atoms with E-state index in [1.165, 1.54) is 6.42 Å². The summed E-state index contributed by atoms with van der Waals surface area (Å²) in [4.78, 5) is 14.3. The summed E-state index contributed by atoms with van der Waals surface area (Å²) in [5, 5.41) is 3.30. The summed E-state index contributed by atoms with van der Waals surface area (Å²) < 4.78 is 0. The minimum atomic E-state index is 0.110. The van der Waals surface area contributed by atoms with E-state index >= 15 is 0 Å². The Bertz CT molecular complexity index is 264. The van der Waals surface area contributed by atoms with Gasteiger partial charge in [-0.1, -0.05) is 20.8 Å². The van der Waals surface area contributed by atoms with Crippen molar-refractivity contribution in [2.24, 2.45) is 11.3 Å². The van der Waals surface area contributed by atoms with Crippen LogP contribution in [0.5, 0.6) is 0 Å². The van der Waals surface area contributed by atoms with Crippen LogP contribution in [0, 0.1) is 11.3 Å². The smallest absolute Gasteiger partial charge is 0.239 e. The predicted molar refractivity (Wildman–Crippen MR) is 65.2 cm³/mol. The van der Waals surface area contributed by atoms with E-state index in [2.05, 4.69) is 31.0 Å². The van der Waals surface area contributed by atoms with Gasteiger partial charge in [0.2, 0.25) is 5.91 Å². The first-order chi connectivity index (χ1) is 7.48. The monoisotopic (exact) mass is 224 g/mol. The van der Waals surface area contributed by atoms with Crippen LogP contribution >= 0.6 is 0 Å². The third-order valence-electron chi connectivity index (χ3n) is 4.08. The molecular formula is C13H24N2O. The molecule has 2 rings (SSSR count). The van der Waals surface area contributed by atoms with Crippen molar-refractivity contribution in [2.75, 3.05) is 19.6 Å². The Hall–Kier alpha value is -0.570. The molecule has 0 aromatic carbocycles. The second-order valence-corrected chi connectivity index (χ2v) is 6.28. The van der Waals surface area contributed by atoms with Crippen LogP contribution in [0.2, 0.25) is 0 Å². The van der Waals surface area contributed by atoms with Crippen molar-refractivity contribution in [1.82, 2.24) is 10.2 Å². The minimum Gasteiger partial charge on any atom is -0.341 e. The summed E-state index contributed by atoms with van der Waals surface area (Å²) in [5.41, 5.74) is 0.331. The zero-order valence-corrected chi connectivity index (χ0v) is 10.8. The zero-order valence-electron chi connectivity index (χ0n) is 10.8. The first kappa shape index (κ1) is 11.9. The lowest BCUT2D eigenvalue weighted by Crippen LogP contribution is -2.43. The highest BCUT2D eigenvalue weighted by Gasteiger charge is 2.36. The van der Waals surface area contributed by atoms with Crippen LogP contribution in [-0.2, 0) is 4.79 Å². The van der Waals surface area contributed by atoms with Gasteiger partial charge in [0.25, 0.3) is 0 Å². The molecule has 2 aliphatic heterocycles. The number of nitrogens with zero attached hydrogens (tertiary/aromatic N) is 1. The molecule has 1 amide bonds. The molecule has 3 nitrogen and oxygen atoms in total. The molecular weight excluding hydrogens is 200 g/mol. The number of carbonyl (C=O) groups excluding carboxylic acids is 1. The van der Waals surface area contributed by atoms with E-state index in [4.69, 9.17) is 0 Å². The van der Waals surface area contributed by atoms with Gasteiger partial charge in [0.05, 0.1) is 6.04 Å². The molecule has 1 unspecified atom stereocenters. The maximum Gasteiger partial charge on any atom is 0.239 e. The third kappa shape index (κ3) is 2.40. The molecule has 2 saturated heterocycles. The molecule has 0 aliphatic carbocycles. The van der Waals surface area contributed by atoms with E-state index < -0.39 is 0 Å². The number of hydrogen-bond donors (Lipinski definition) is 1. The first-order valence-corrected chi connectivity index (χ1v) is 6.50. The second kappa shape index (κ2) is 4.36. The molecule has 2 heterocycles. The standard InChI is InChI=1S/C13H24N2O/c1-13(2,3)10-6-8-15(9-10)12(16)11-5-4-7-14-11/h10-11,14H,4-9H2,1-3H3/t10?,11-/m0/s1. The number of likely N-dealkylation sites (tertiary alicyclic amines) is 1. The van der Waals surface area contributed by atoms with E-state index in [1.807, 2.05) is 0 Å². The van der Waals surface area contributed by atoms with E-state index in [1.54, 1.807) is 0 Å². The Balaban J connectivity index is 1.90. The summed E-state index contributed by atoms with van der Waals surface area (Å²) in [6.07, 6.45) is 3.34. The largest absolute Gasteiger partial charge is 0.341 e. The SMILES string of the molecule is CC(C)(C)C1CCN(C(=O)[C@@H]2CCCN2)C1. The topological polar surface area (TPSA) is 32.3 Å². The van der Waals surface area contributed by atoms with Crippen molar-refractivity contribution in [1.29, 1.82) is 0 Å². The van der Waals surface area contributed by atoms with E-state index in [-0.39, 0.29) is 6.04 Å². The zero-order chi connectivity index (χ0) is 11.8. The van der Waals surface area contributed by atoms with Crippen LogP contribution in [-0.4, -0.2) is 36.5 Å². The van der Waals surface area contributed by atoms with Gasteiger partial charge >= 0.3 is 0 Å². The fourth-order valence-corrected chi connectivity index (χ4v) is 2.78. The fraction of sp³-hybridized carbons (Fsp3) is 0.923. The average molecular weight is 224 g/mol. The molecule has 16 heavy (non-hydrogen) atoms. The molecule has 0 aromatic heterocycles. The molecule has 3 heteroatoms. The lowest BCUT2D eigenvalue weighted by atomic mass is 9.80. The fourth-order valence-electron chi connectivity index (χ4n) is 2.78. The van der Waals surface area contributed by atoms with Crippen LogP contribution in [0.4, 0.5) is 0 Å². The van der Waals surface area contributed by atoms with Crippen molar-refractivity contribution < 1.29 is 4.79 Å². The van der Waals surface area contributed by atoms with Gasteiger partial charge in [0.1, 0.15) is 0 Å². The van der Waals surface area contributed by atoms with Gasteiger partial charge in [-0.3, -0.25) is 4.79 Å². The summed E-state index contributed by atoms with van der Waals surface area (Å²) in [6, 6.07) is 0.110. The highest BCUT2D eigenvalue weighted by molar-refractivity contribution is 5.82. The van der Waals surface area contributed by atoms with Crippen LogP contribution < -0.4 is 5.32 Å². The quantitative estimate of drug-likeness (QED) is 0.734. The third-order valence-corrected chi connectivity index (χ3v) is 4.08. The minimum absolute atomic E-state index is 0.110. The van der Waals surface area contributed by atoms with Crippen molar-refractivity contribution in [2.45, 2.75) is 46.1 Å². The number of hydrogen-bond acceptors (Lipinski definition) is 2. The second-order valence-electron chi connectivity index (χ2n) is 6.28. The van der Waals surface area contributed by atoms with Crippen LogP contribution in [0.3, 0.4) is 0 Å². The summed E-state index contributed by atoms with van der Waals surface area (Å²) >= 11 is 0. The number of rotatable bonds is 1. The molecule has 2 atom stereocenters. The number of amides is 1. The normalized spacial score (nSPS) is 31.1. The Morgan fingerprint density at radius 3 is 2.56 bits per heavy atom. The molecule has 2 fully saturated rings. The lowest BCUT2D eigenvalue weighted by molar-refractivity contribution is -0.132. The van der Waals surface area contributed by atoms with Gasteiger partial charge in [-0.25, -0.2) is 0 Å². The highest BCUT2D eigenvalue weighted by Crippen LogP contribution is 2.33. The van der Waals surface area contributed by atoms with Gasteiger partial charge in [-0.2, -0.15) is 0 Å². The molecule has 2 aliphatic rings. The van der Waals surface area contributed by atoms with Gasteiger partial charge in [-0.05, 0) is 37.1 Å². The Morgan fingerprint density at radius 1 is 1.31 bits per heavy atom. The van der Waals surface area contributed by atoms with Gasteiger partial charge in [0, 0.05) is 13.1 Å². The Morgan fingerprint density at radius 2 is 2.06 bits per heavy atom. The Labute approximate surface area is 98.6 Å². The molecule has 0 spiro atoms. The van der Waals surface area contributed by atoms with Crippen LogP contribution in [0.25, 0.3) is 0 Å². The molecule has 0 radical (unpaired) electrons. The van der Waals surface area contributed by atoms with Crippen molar-refractivity contribution >= 4 is 5.91 Å². The van der Waals surface area contributed by atoms with E-state index in [0.717, 1.165) is 32.5 Å². The van der Waals surface area contributed by atoms with E-state index in [0.29, 0.717) is 17.2 Å². The summed E-state index contributed by atoms with van der Waals surface area (Å²) in [5.74, 6) is 1.00. The highest BCUT2D eigenvalue weighted by atomic mass is 16.2. The molecule has 1 N–H and O–H groups in total. The number of carbonyl (C=O) groups is 1. The average Bonchev–Trinajstić information content (AvgIpc) is 2.87. The maximum atomic E-state index is 12.2. The molecule has 0 saturated carbocycles. The van der Waals surface area contributed by atoms with Gasteiger partial charge in [0.15, 0.2) is 0 Å². The molecule has 0 aromatic rings. The van der Waals surface area contributed by atoms with Gasteiger partial charge < -0.3 is 10.2 Å². The maximum absolute atomic E-state index is 12.2. The van der Waals surface area contributed by atoms with Crippen molar-refractivity contribution in [3.8, 4) is 0 Å². The summed E-state index contributed by atoms with van der Waals surface area (Å²) in [7, 11) is 0. The predicted octanol–water partition coefficient (Wildman–Crippen LogP) is 1.63. The first-order valence-electron chi connectivity index (χ1n) is 6.50. The summed E-state index contributed by atoms with van der Waals surface area (Å²) in [6.45, 7) is 9.75. The van der Waals surface area contributed by atoms with Crippen LogP contribution in [0.1, 0.15) is 40.0 Å². The van der Waals surface area contributed by atoms with Crippen LogP contribution in [0.15, 0.2) is 0 Å². The van der Waals surface area contributed by atoms with E-state index in [9.17, 15) is 4.79 Å². The van der Waals surface area contributed by atoms with Crippen molar-refractivity contribution in [3.63, 3.8) is 0 Å². The molecule has 0 bridgehead atoms.